The van der Waals surface area contributed by atoms with Crippen LogP contribution in [0.5, 0.6) is 5.75 Å². The summed E-state index contributed by atoms with van der Waals surface area (Å²) in [6.07, 6.45) is 5.68. The van der Waals surface area contributed by atoms with Gasteiger partial charge in [0.15, 0.2) is 0 Å². The predicted octanol–water partition coefficient (Wildman–Crippen LogP) is 2.26. The molecule has 0 fully saturated rings. The molecule has 1 amide bonds. The Labute approximate surface area is 121 Å². The highest BCUT2D eigenvalue weighted by Crippen LogP contribution is 2.11. The smallest absolute Gasteiger partial charge is 0.220 e. The Balaban J connectivity index is 2.08. The first-order valence-electron chi connectivity index (χ1n) is 7.36. The minimum Gasteiger partial charge on any atom is -0.497 e. The zero-order valence-electron chi connectivity index (χ0n) is 12.4. The molecule has 0 spiro atoms. The molecule has 1 rings (SSSR count). The highest BCUT2D eigenvalue weighted by molar-refractivity contribution is 5.75. The monoisotopic (exact) mass is 278 g/mol. The number of amides is 1. The Bertz CT molecular complexity index is 377. The summed E-state index contributed by atoms with van der Waals surface area (Å²) < 4.78 is 5.11. The van der Waals surface area contributed by atoms with Crippen LogP contribution in [0.25, 0.3) is 0 Å². The number of hydrogen-bond donors (Lipinski definition) is 2. The molecule has 20 heavy (non-hydrogen) atoms. The van der Waals surface area contributed by atoms with Crippen molar-refractivity contribution in [3.63, 3.8) is 0 Å². The lowest BCUT2D eigenvalue weighted by Crippen LogP contribution is -2.25. The number of carbonyl (C=O) groups is 1. The van der Waals surface area contributed by atoms with Gasteiger partial charge in [-0.1, -0.05) is 25.0 Å². The summed E-state index contributed by atoms with van der Waals surface area (Å²) in [5, 5.41) is 2.96. The van der Waals surface area contributed by atoms with Crippen LogP contribution in [0.15, 0.2) is 24.3 Å². The van der Waals surface area contributed by atoms with Crippen LogP contribution in [-0.4, -0.2) is 26.1 Å². The lowest BCUT2D eigenvalue weighted by Gasteiger charge is -2.06. The summed E-state index contributed by atoms with van der Waals surface area (Å²) in [6.45, 7) is 1.43. The zero-order valence-corrected chi connectivity index (χ0v) is 12.4. The lowest BCUT2D eigenvalue weighted by atomic mass is 10.1. The molecule has 0 bridgehead atoms. The van der Waals surface area contributed by atoms with Crippen molar-refractivity contribution in [3.05, 3.63) is 29.8 Å². The van der Waals surface area contributed by atoms with Crippen molar-refractivity contribution >= 4 is 5.91 Å². The first-order chi connectivity index (χ1) is 9.76. The molecule has 0 atom stereocenters. The molecule has 0 aliphatic rings. The maximum atomic E-state index is 11.6. The standard InChI is InChI=1S/C16H26N2O2/c1-20-15-9-7-14(8-10-15)11-13-18-16(19)6-4-2-3-5-12-17/h7-10H,2-6,11-13,17H2,1H3,(H,18,19). The van der Waals surface area contributed by atoms with Gasteiger partial charge in [-0.15, -0.1) is 0 Å². The van der Waals surface area contributed by atoms with Crippen molar-refractivity contribution in [2.24, 2.45) is 5.73 Å². The van der Waals surface area contributed by atoms with Gasteiger partial charge >= 0.3 is 0 Å². The van der Waals surface area contributed by atoms with Crippen molar-refractivity contribution in [3.8, 4) is 5.75 Å². The normalized spacial score (nSPS) is 10.3. The minimum absolute atomic E-state index is 0.145. The quantitative estimate of drug-likeness (QED) is 0.645. The van der Waals surface area contributed by atoms with Gasteiger partial charge in [-0.25, -0.2) is 0 Å². The van der Waals surface area contributed by atoms with Gasteiger partial charge in [0.05, 0.1) is 7.11 Å². The molecule has 1 aromatic carbocycles. The van der Waals surface area contributed by atoms with E-state index in [0.29, 0.717) is 13.0 Å². The first-order valence-corrected chi connectivity index (χ1v) is 7.36. The largest absolute Gasteiger partial charge is 0.497 e. The molecule has 1 aromatic rings. The van der Waals surface area contributed by atoms with Crippen LogP contribution in [-0.2, 0) is 11.2 Å². The maximum Gasteiger partial charge on any atom is 0.220 e. The Hall–Kier alpha value is -1.55. The molecule has 3 N–H and O–H groups in total. The van der Waals surface area contributed by atoms with Crippen LogP contribution in [0.2, 0.25) is 0 Å². The van der Waals surface area contributed by atoms with Crippen LogP contribution in [0.3, 0.4) is 0 Å². The number of benzene rings is 1. The Morgan fingerprint density at radius 2 is 1.85 bits per heavy atom. The first kappa shape index (κ1) is 16.5. The molecule has 0 radical (unpaired) electrons. The van der Waals surface area contributed by atoms with Gasteiger partial charge in [-0.3, -0.25) is 4.79 Å². The fourth-order valence-corrected chi connectivity index (χ4v) is 2.01. The number of unbranched alkanes of at least 4 members (excludes halogenated alkanes) is 3. The van der Waals surface area contributed by atoms with E-state index >= 15 is 0 Å². The number of methoxy groups -OCH3 is 1. The second kappa shape index (κ2) is 10.3. The molecule has 0 aromatic heterocycles. The molecule has 0 saturated carbocycles. The second-order valence-corrected chi connectivity index (χ2v) is 4.90. The number of nitrogens with two attached hydrogens (primary N) is 1. The van der Waals surface area contributed by atoms with Crippen LogP contribution < -0.4 is 15.8 Å². The van der Waals surface area contributed by atoms with Crippen LogP contribution in [0.1, 0.15) is 37.7 Å². The Kier molecular flexibility index (Phi) is 8.47. The molecule has 0 aliphatic carbocycles. The topological polar surface area (TPSA) is 64.3 Å². The predicted molar refractivity (Wildman–Crippen MR) is 81.8 cm³/mol. The van der Waals surface area contributed by atoms with E-state index in [9.17, 15) is 4.79 Å². The van der Waals surface area contributed by atoms with Gasteiger partial charge in [0.25, 0.3) is 0 Å². The minimum atomic E-state index is 0.145. The second-order valence-electron chi connectivity index (χ2n) is 4.90. The van der Waals surface area contributed by atoms with E-state index in [-0.39, 0.29) is 5.91 Å². The highest BCUT2D eigenvalue weighted by atomic mass is 16.5. The van der Waals surface area contributed by atoms with E-state index in [1.807, 2.05) is 24.3 Å². The van der Waals surface area contributed by atoms with E-state index in [4.69, 9.17) is 10.5 Å². The molecule has 112 valence electrons. The molecule has 0 saturated heterocycles. The third kappa shape index (κ3) is 7.14. The maximum absolute atomic E-state index is 11.6. The molecule has 4 nitrogen and oxygen atoms in total. The number of carbonyl (C=O) groups excluding carboxylic acids is 1. The third-order valence-corrected chi connectivity index (χ3v) is 3.25. The van der Waals surface area contributed by atoms with Crippen LogP contribution >= 0.6 is 0 Å². The van der Waals surface area contributed by atoms with E-state index in [1.54, 1.807) is 7.11 Å². The number of nitrogens with one attached hydrogen (secondary N) is 1. The zero-order chi connectivity index (χ0) is 14.6. The third-order valence-electron chi connectivity index (χ3n) is 3.25. The van der Waals surface area contributed by atoms with Crippen molar-refractivity contribution in [2.45, 2.75) is 38.5 Å². The summed E-state index contributed by atoms with van der Waals surface area (Å²) in [4.78, 5) is 11.6. The molecule has 0 unspecified atom stereocenters. The molecule has 4 heteroatoms. The molecule has 0 heterocycles. The number of ether oxygens (including phenoxy) is 1. The van der Waals surface area contributed by atoms with Gasteiger partial charge < -0.3 is 15.8 Å². The molecular weight excluding hydrogens is 252 g/mol. The van der Waals surface area contributed by atoms with Gasteiger partial charge in [-0.05, 0) is 43.5 Å². The molecule has 0 aliphatic heterocycles. The fraction of sp³-hybridized carbons (Fsp3) is 0.562. The number of hydrogen-bond acceptors (Lipinski definition) is 3. The van der Waals surface area contributed by atoms with Crippen molar-refractivity contribution in [1.82, 2.24) is 5.32 Å². The summed E-state index contributed by atoms with van der Waals surface area (Å²) >= 11 is 0. The van der Waals surface area contributed by atoms with Gasteiger partial charge in [0.2, 0.25) is 5.91 Å². The average Bonchev–Trinajstić information content (AvgIpc) is 2.48. The Morgan fingerprint density at radius 3 is 2.50 bits per heavy atom. The van der Waals surface area contributed by atoms with Crippen LogP contribution in [0.4, 0.5) is 0 Å². The van der Waals surface area contributed by atoms with Crippen LogP contribution in [0, 0.1) is 0 Å². The molecular formula is C16H26N2O2. The summed E-state index contributed by atoms with van der Waals surface area (Å²) in [6, 6.07) is 7.93. The van der Waals surface area contributed by atoms with Crippen molar-refractivity contribution in [1.29, 1.82) is 0 Å². The van der Waals surface area contributed by atoms with E-state index in [1.165, 1.54) is 5.56 Å². The lowest BCUT2D eigenvalue weighted by molar-refractivity contribution is -0.121. The van der Waals surface area contributed by atoms with Gasteiger partial charge in [0, 0.05) is 13.0 Å². The van der Waals surface area contributed by atoms with E-state index in [0.717, 1.165) is 44.4 Å². The SMILES string of the molecule is COc1ccc(CCNC(=O)CCCCCCN)cc1. The van der Waals surface area contributed by atoms with E-state index < -0.39 is 0 Å². The fourth-order valence-electron chi connectivity index (χ4n) is 2.01. The summed E-state index contributed by atoms with van der Waals surface area (Å²) in [7, 11) is 1.66. The van der Waals surface area contributed by atoms with Gasteiger partial charge in [0.1, 0.15) is 5.75 Å². The van der Waals surface area contributed by atoms with Crippen molar-refractivity contribution < 1.29 is 9.53 Å². The number of rotatable bonds is 10. The Morgan fingerprint density at radius 1 is 1.15 bits per heavy atom. The average molecular weight is 278 g/mol. The van der Waals surface area contributed by atoms with Crippen molar-refractivity contribution in [2.75, 3.05) is 20.2 Å². The summed E-state index contributed by atoms with van der Waals surface area (Å²) in [5.41, 5.74) is 6.63. The van der Waals surface area contributed by atoms with Gasteiger partial charge in [-0.2, -0.15) is 0 Å². The summed E-state index contributed by atoms with van der Waals surface area (Å²) in [5.74, 6) is 1.00. The van der Waals surface area contributed by atoms with E-state index in [2.05, 4.69) is 5.32 Å². The highest BCUT2D eigenvalue weighted by Gasteiger charge is 2.01.